The Bertz CT molecular complexity index is 1040. The van der Waals surface area contributed by atoms with Crippen molar-refractivity contribution in [3.05, 3.63) is 60.0 Å². The van der Waals surface area contributed by atoms with Crippen LogP contribution < -0.4 is 0 Å². The molecule has 7 nitrogen and oxygen atoms in total. The van der Waals surface area contributed by atoms with Crippen molar-refractivity contribution >= 4 is 10.0 Å². The van der Waals surface area contributed by atoms with Gasteiger partial charge in [-0.3, -0.25) is 9.97 Å². The van der Waals surface area contributed by atoms with E-state index in [0.29, 0.717) is 13.1 Å². The number of sulfonamides is 1. The van der Waals surface area contributed by atoms with Gasteiger partial charge in [0.15, 0.2) is 0 Å². The predicted octanol–water partition coefficient (Wildman–Crippen LogP) is 3.32. The zero-order chi connectivity index (χ0) is 19.7. The van der Waals surface area contributed by atoms with Gasteiger partial charge in [-0.25, -0.2) is 8.42 Å². The van der Waals surface area contributed by atoms with Gasteiger partial charge in [-0.2, -0.15) is 4.31 Å². The SMILES string of the molecule is Cc1noc(C)c1-c1ccc(C2CCCN(S(=O)(=O)c3cccnc3)C2)nc1. The highest BCUT2D eigenvalue weighted by Gasteiger charge is 2.31. The molecule has 3 aromatic heterocycles. The molecule has 28 heavy (non-hydrogen) atoms. The van der Waals surface area contributed by atoms with Crippen LogP contribution in [-0.4, -0.2) is 40.9 Å². The Balaban J connectivity index is 1.55. The van der Waals surface area contributed by atoms with Crippen LogP contribution in [0.3, 0.4) is 0 Å². The van der Waals surface area contributed by atoms with Crippen molar-refractivity contribution in [2.24, 2.45) is 0 Å². The summed E-state index contributed by atoms with van der Waals surface area (Å²) in [7, 11) is -3.54. The Morgan fingerprint density at radius 3 is 2.68 bits per heavy atom. The van der Waals surface area contributed by atoms with Gasteiger partial charge in [0, 0.05) is 54.4 Å². The Hall–Kier alpha value is -2.58. The van der Waals surface area contributed by atoms with Crippen LogP contribution in [0.1, 0.15) is 35.9 Å². The molecule has 0 radical (unpaired) electrons. The zero-order valence-corrected chi connectivity index (χ0v) is 16.7. The lowest BCUT2D eigenvalue weighted by atomic mass is 9.95. The summed E-state index contributed by atoms with van der Waals surface area (Å²) in [6, 6.07) is 7.21. The minimum atomic E-state index is -3.54. The number of hydrogen-bond donors (Lipinski definition) is 0. The largest absolute Gasteiger partial charge is 0.361 e. The molecule has 0 amide bonds. The first-order chi connectivity index (χ1) is 13.5. The van der Waals surface area contributed by atoms with Gasteiger partial charge >= 0.3 is 0 Å². The first-order valence-electron chi connectivity index (χ1n) is 9.26. The predicted molar refractivity (Wildman–Crippen MR) is 104 cm³/mol. The third kappa shape index (κ3) is 3.45. The topological polar surface area (TPSA) is 89.2 Å². The van der Waals surface area contributed by atoms with E-state index in [1.165, 1.54) is 6.20 Å². The van der Waals surface area contributed by atoms with Crippen LogP contribution in [0.4, 0.5) is 0 Å². The highest BCUT2D eigenvalue weighted by Crippen LogP contribution is 2.31. The molecular formula is C20H22N4O3S. The smallest absolute Gasteiger partial charge is 0.244 e. The standard InChI is InChI=1S/C20H22N4O3S/c1-14-20(15(2)27-23-14)16-7-8-19(22-11-16)17-5-4-10-24(13-17)28(25,26)18-6-3-9-21-12-18/h3,6-9,11-12,17H,4-5,10,13H2,1-2H3. The van der Waals surface area contributed by atoms with Gasteiger partial charge in [0.1, 0.15) is 10.7 Å². The molecule has 0 aliphatic carbocycles. The van der Waals surface area contributed by atoms with E-state index in [1.807, 2.05) is 32.2 Å². The molecule has 0 aromatic carbocycles. The van der Waals surface area contributed by atoms with Crippen LogP contribution in [0.25, 0.3) is 11.1 Å². The average molecular weight is 398 g/mol. The van der Waals surface area contributed by atoms with Gasteiger partial charge in [0.2, 0.25) is 10.0 Å². The zero-order valence-electron chi connectivity index (χ0n) is 15.9. The van der Waals surface area contributed by atoms with Crippen molar-refractivity contribution in [2.45, 2.75) is 37.5 Å². The summed E-state index contributed by atoms with van der Waals surface area (Å²) in [5, 5.41) is 3.99. The van der Waals surface area contributed by atoms with E-state index >= 15 is 0 Å². The summed E-state index contributed by atoms with van der Waals surface area (Å²) in [5.41, 5.74) is 3.65. The summed E-state index contributed by atoms with van der Waals surface area (Å²) in [4.78, 5) is 8.80. The van der Waals surface area contributed by atoms with Gasteiger partial charge in [-0.1, -0.05) is 11.2 Å². The van der Waals surface area contributed by atoms with Crippen LogP contribution in [-0.2, 0) is 10.0 Å². The van der Waals surface area contributed by atoms with Crippen LogP contribution in [0, 0.1) is 13.8 Å². The number of hydrogen-bond acceptors (Lipinski definition) is 6. The molecule has 4 heterocycles. The Labute approximate surface area is 164 Å². The first-order valence-corrected chi connectivity index (χ1v) is 10.7. The van der Waals surface area contributed by atoms with E-state index in [0.717, 1.165) is 41.1 Å². The molecule has 1 saturated heterocycles. The summed E-state index contributed by atoms with van der Waals surface area (Å²) in [5.74, 6) is 0.831. The van der Waals surface area contributed by atoms with Gasteiger partial charge in [-0.15, -0.1) is 0 Å². The van der Waals surface area contributed by atoms with Crippen molar-refractivity contribution in [3.63, 3.8) is 0 Å². The maximum atomic E-state index is 12.9. The Kier molecular flexibility index (Phi) is 4.99. The van der Waals surface area contributed by atoms with Gasteiger partial charge in [-0.05, 0) is 44.9 Å². The van der Waals surface area contributed by atoms with Crippen molar-refractivity contribution < 1.29 is 12.9 Å². The molecule has 146 valence electrons. The number of pyridine rings is 2. The van der Waals surface area contributed by atoms with E-state index in [1.54, 1.807) is 22.6 Å². The van der Waals surface area contributed by atoms with Crippen molar-refractivity contribution in [1.82, 2.24) is 19.4 Å². The second kappa shape index (κ2) is 7.44. The molecule has 4 rings (SSSR count). The summed E-state index contributed by atoms with van der Waals surface area (Å²) in [6.07, 6.45) is 6.50. The van der Waals surface area contributed by atoms with E-state index in [9.17, 15) is 8.42 Å². The van der Waals surface area contributed by atoms with Gasteiger partial charge in [0.25, 0.3) is 0 Å². The molecule has 0 bridgehead atoms. The fourth-order valence-corrected chi connectivity index (χ4v) is 5.23. The molecule has 1 atom stereocenters. The highest BCUT2D eigenvalue weighted by molar-refractivity contribution is 7.89. The first kappa shape index (κ1) is 18.8. The molecule has 0 N–H and O–H groups in total. The maximum Gasteiger partial charge on any atom is 0.244 e. The minimum Gasteiger partial charge on any atom is -0.361 e. The molecule has 1 fully saturated rings. The van der Waals surface area contributed by atoms with Crippen molar-refractivity contribution in [3.8, 4) is 11.1 Å². The fourth-order valence-electron chi connectivity index (χ4n) is 3.74. The Morgan fingerprint density at radius 1 is 1.18 bits per heavy atom. The number of rotatable bonds is 4. The normalized spacial score (nSPS) is 18.3. The second-order valence-corrected chi connectivity index (χ2v) is 9.00. The number of nitrogens with zero attached hydrogens (tertiary/aromatic N) is 4. The lowest BCUT2D eigenvalue weighted by Crippen LogP contribution is -2.39. The highest BCUT2D eigenvalue weighted by atomic mass is 32.2. The Morgan fingerprint density at radius 2 is 2.04 bits per heavy atom. The monoisotopic (exact) mass is 398 g/mol. The van der Waals surface area contributed by atoms with E-state index in [4.69, 9.17) is 4.52 Å². The minimum absolute atomic E-state index is 0.0684. The third-order valence-electron chi connectivity index (χ3n) is 5.18. The summed E-state index contributed by atoms with van der Waals surface area (Å²) >= 11 is 0. The van der Waals surface area contributed by atoms with Gasteiger partial charge < -0.3 is 4.52 Å². The molecule has 1 unspecified atom stereocenters. The fraction of sp³-hybridized carbons (Fsp3) is 0.350. The van der Waals surface area contributed by atoms with Crippen LogP contribution in [0.5, 0.6) is 0 Å². The molecule has 1 aliphatic heterocycles. The molecule has 3 aromatic rings. The van der Waals surface area contributed by atoms with Crippen LogP contribution >= 0.6 is 0 Å². The van der Waals surface area contributed by atoms with E-state index in [-0.39, 0.29) is 10.8 Å². The van der Waals surface area contributed by atoms with Crippen molar-refractivity contribution in [2.75, 3.05) is 13.1 Å². The summed E-state index contributed by atoms with van der Waals surface area (Å²) < 4.78 is 32.6. The molecule has 0 saturated carbocycles. The molecule has 0 spiro atoms. The molecule has 8 heteroatoms. The lowest BCUT2D eigenvalue weighted by Gasteiger charge is -2.31. The van der Waals surface area contributed by atoms with E-state index < -0.39 is 10.0 Å². The van der Waals surface area contributed by atoms with Gasteiger partial charge in [0.05, 0.1) is 5.69 Å². The number of aromatic nitrogens is 3. The second-order valence-electron chi connectivity index (χ2n) is 7.06. The lowest BCUT2D eigenvalue weighted by molar-refractivity contribution is 0.312. The van der Waals surface area contributed by atoms with Crippen LogP contribution in [0.15, 0.2) is 52.3 Å². The van der Waals surface area contributed by atoms with Crippen molar-refractivity contribution in [1.29, 1.82) is 0 Å². The van der Waals surface area contributed by atoms with Crippen LogP contribution in [0.2, 0.25) is 0 Å². The average Bonchev–Trinajstić information content (AvgIpc) is 3.07. The quantitative estimate of drug-likeness (QED) is 0.670. The molecule has 1 aliphatic rings. The third-order valence-corrected chi connectivity index (χ3v) is 7.03. The summed E-state index contributed by atoms with van der Waals surface area (Å²) in [6.45, 7) is 4.73. The molecular weight excluding hydrogens is 376 g/mol. The van der Waals surface area contributed by atoms with E-state index in [2.05, 4.69) is 15.1 Å². The number of piperidine rings is 1. The maximum absolute atomic E-state index is 12.9. The number of aryl methyl sites for hydroxylation is 2.